The van der Waals surface area contributed by atoms with Gasteiger partial charge in [-0.25, -0.2) is 4.79 Å². The summed E-state index contributed by atoms with van der Waals surface area (Å²) in [4.78, 5) is 25.8. The first-order valence-electron chi connectivity index (χ1n) is 13.3. The fourth-order valence-corrected chi connectivity index (χ4v) is 9.61. The SMILES string of the molecule is CC1=C(CO)C(=O)O[C@@H]([C@@H](CO)[C@H]2CC[C@H]3[C@H]4C[C@H]5O[C@]56CC=CC(=O)[C@]6(C)[C@@H]4C[C@@H](O)[C@]23C)C1. The molecule has 4 fully saturated rings. The van der Waals surface area contributed by atoms with Gasteiger partial charge in [-0.05, 0) is 81.1 Å². The van der Waals surface area contributed by atoms with Crippen LogP contribution in [0, 0.1) is 40.4 Å². The van der Waals surface area contributed by atoms with E-state index in [0.29, 0.717) is 18.4 Å². The standard InChI is InChI=1S/C28H38O7/c1-14-9-21(34-25(33)16(14)12-29)17(13-30)19-7-6-18-15-10-24-28(35-24)8-4-5-22(31)27(28,3)20(15)11-23(32)26(18,19)2/h4-5,15,17-21,23-24,29-30,32H,6-13H2,1-3H3/t15-,17+,18+,19-,20-,21-,23-,24-,26+,27+,28-/m1/s1. The lowest BCUT2D eigenvalue weighted by Crippen LogP contribution is -2.63. The molecule has 11 atom stereocenters. The number of epoxide rings is 1. The molecule has 35 heavy (non-hydrogen) atoms. The number of cyclic esters (lactones) is 1. The van der Waals surface area contributed by atoms with Crippen LogP contribution in [0.3, 0.4) is 0 Å². The Hall–Kier alpha value is -1.54. The molecule has 3 N–H and O–H groups in total. The van der Waals surface area contributed by atoms with E-state index in [1.54, 1.807) is 6.08 Å². The molecule has 7 nitrogen and oxygen atoms in total. The van der Waals surface area contributed by atoms with Crippen LogP contribution in [-0.2, 0) is 19.1 Å². The maximum absolute atomic E-state index is 13.3. The number of carbonyl (C=O) groups excluding carboxylic acids is 2. The number of aliphatic hydroxyl groups excluding tert-OH is 3. The average molecular weight is 487 g/mol. The molecule has 3 saturated carbocycles. The highest BCUT2D eigenvalue weighted by Gasteiger charge is 2.78. The van der Waals surface area contributed by atoms with E-state index < -0.39 is 34.6 Å². The molecule has 192 valence electrons. The summed E-state index contributed by atoms with van der Waals surface area (Å²) < 4.78 is 12.1. The highest BCUT2D eigenvalue weighted by molar-refractivity contribution is 5.97. The van der Waals surface area contributed by atoms with Crippen molar-refractivity contribution in [1.82, 2.24) is 0 Å². The summed E-state index contributed by atoms with van der Waals surface area (Å²) in [7, 11) is 0. The van der Waals surface area contributed by atoms with Crippen LogP contribution in [0.1, 0.15) is 59.3 Å². The first kappa shape index (κ1) is 23.8. The molecule has 6 rings (SSSR count). The number of esters is 1. The predicted octanol–water partition coefficient (Wildman–Crippen LogP) is 2.33. The monoisotopic (exact) mass is 486 g/mol. The maximum atomic E-state index is 13.3. The Morgan fingerprint density at radius 2 is 1.91 bits per heavy atom. The largest absolute Gasteiger partial charge is 0.458 e. The molecule has 0 amide bonds. The number of fused-ring (bicyclic) bond motifs is 4. The summed E-state index contributed by atoms with van der Waals surface area (Å²) in [6, 6.07) is 0. The van der Waals surface area contributed by atoms with E-state index in [-0.39, 0.29) is 54.7 Å². The highest BCUT2D eigenvalue weighted by atomic mass is 16.6. The summed E-state index contributed by atoms with van der Waals surface area (Å²) in [5.74, 6) is -0.0860. The fraction of sp³-hybridized carbons (Fsp3) is 0.786. The van der Waals surface area contributed by atoms with Gasteiger partial charge in [0.25, 0.3) is 0 Å². The van der Waals surface area contributed by atoms with Gasteiger partial charge in [0, 0.05) is 18.9 Å². The van der Waals surface area contributed by atoms with Gasteiger partial charge in [0.05, 0.1) is 29.8 Å². The van der Waals surface area contributed by atoms with Crippen molar-refractivity contribution in [1.29, 1.82) is 0 Å². The minimum atomic E-state index is -0.609. The number of ether oxygens (including phenoxy) is 2. The number of rotatable bonds is 4. The number of hydrogen-bond acceptors (Lipinski definition) is 7. The molecular formula is C28H38O7. The van der Waals surface area contributed by atoms with Gasteiger partial charge in [-0.2, -0.15) is 0 Å². The van der Waals surface area contributed by atoms with E-state index in [1.807, 2.05) is 13.0 Å². The van der Waals surface area contributed by atoms with Crippen molar-refractivity contribution in [3.8, 4) is 0 Å². The zero-order valence-electron chi connectivity index (χ0n) is 20.9. The molecule has 2 heterocycles. The molecule has 0 unspecified atom stereocenters. The topological polar surface area (TPSA) is 117 Å². The van der Waals surface area contributed by atoms with Gasteiger partial charge in [0.1, 0.15) is 11.7 Å². The second-order valence-electron chi connectivity index (χ2n) is 12.5. The third kappa shape index (κ3) is 2.87. The predicted molar refractivity (Wildman–Crippen MR) is 126 cm³/mol. The smallest absolute Gasteiger partial charge is 0.336 e. The lowest BCUT2D eigenvalue weighted by atomic mass is 9.44. The third-order valence-electron chi connectivity index (χ3n) is 11.6. The molecule has 0 radical (unpaired) electrons. The minimum absolute atomic E-state index is 0.00343. The lowest BCUT2D eigenvalue weighted by Gasteiger charge is -2.59. The average Bonchev–Trinajstić information content (AvgIpc) is 3.41. The van der Waals surface area contributed by atoms with Gasteiger partial charge >= 0.3 is 5.97 Å². The molecule has 0 aromatic carbocycles. The number of ketones is 1. The lowest BCUT2D eigenvalue weighted by molar-refractivity contribution is -0.173. The van der Waals surface area contributed by atoms with E-state index >= 15 is 0 Å². The minimum Gasteiger partial charge on any atom is -0.458 e. The Kier molecular flexibility index (Phi) is 5.27. The molecule has 0 bridgehead atoms. The van der Waals surface area contributed by atoms with Crippen molar-refractivity contribution in [2.45, 2.75) is 83.2 Å². The molecule has 1 spiro atoms. The van der Waals surface area contributed by atoms with Crippen molar-refractivity contribution < 1.29 is 34.4 Å². The highest BCUT2D eigenvalue weighted by Crippen LogP contribution is 2.73. The number of hydrogen-bond donors (Lipinski definition) is 3. The van der Waals surface area contributed by atoms with E-state index in [0.717, 1.165) is 31.3 Å². The van der Waals surface area contributed by atoms with Gasteiger partial charge in [0.2, 0.25) is 0 Å². The Morgan fingerprint density at radius 1 is 1.14 bits per heavy atom. The molecule has 7 heteroatoms. The van der Waals surface area contributed by atoms with Crippen LogP contribution in [-0.4, -0.2) is 64.2 Å². The number of carbonyl (C=O) groups is 2. The first-order chi connectivity index (χ1) is 16.6. The fourth-order valence-electron chi connectivity index (χ4n) is 9.61. The second kappa shape index (κ2) is 7.73. The van der Waals surface area contributed by atoms with E-state index in [4.69, 9.17) is 9.47 Å². The second-order valence-corrected chi connectivity index (χ2v) is 12.5. The quantitative estimate of drug-likeness (QED) is 0.412. The molecule has 2 aliphatic heterocycles. The summed E-state index contributed by atoms with van der Waals surface area (Å²) in [5, 5.41) is 31.8. The van der Waals surface area contributed by atoms with Crippen molar-refractivity contribution in [3.63, 3.8) is 0 Å². The molecule has 1 saturated heterocycles. The van der Waals surface area contributed by atoms with Gasteiger partial charge in [-0.1, -0.05) is 18.6 Å². The summed E-state index contributed by atoms with van der Waals surface area (Å²) in [5.41, 5.74) is -0.322. The zero-order valence-corrected chi connectivity index (χ0v) is 20.9. The summed E-state index contributed by atoms with van der Waals surface area (Å²) in [6.07, 6.45) is 7.20. The Morgan fingerprint density at radius 3 is 2.60 bits per heavy atom. The van der Waals surface area contributed by atoms with Crippen LogP contribution >= 0.6 is 0 Å². The van der Waals surface area contributed by atoms with E-state index in [9.17, 15) is 24.9 Å². The van der Waals surface area contributed by atoms with Crippen LogP contribution in [0.2, 0.25) is 0 Å². The Labute approximate surface area is 206 Å². The van der Waals surface area contributed by atoms with Crippen LogP contribution in [0.5, 0.6) is 0 Å². The first-order valence-corrected chi connectivity index (χ1v) is 13.3. The van der Waals surface area contributed by atoms with Crippen LogP contribution in [0.15, 0.2) is 23.3 Å². The molecule has 6 aliphatic rings. The van der Waals surface area contributed by atoms with Gasteiger partial charge < -0.3 is 24.8 Å². The van der Waals surface area contributed by atoms with Crippen molar-refractivity contribution >= 4 is 11.8 Å². The summed E-state index contributed by atoms with van der Waals surface area (Å²) >= 11 is 0. The number of allylic oxidation sites excluding steroid dienone is 1. The van der Waals surface area contributed by atoms with Crippen molar-refractivity contribution in [2.24, 2.45) is 40.4 Å². The van der Waals surface area contributed by atoms with Gasteiger partial charge in [0.15, 0.2) is 5.78 Å². The molecular weight excluding hydrogens is 448 g/mol. The third-order valence-corrected chi connectivity index (χ3v) is 11.6. The normalized spacial score (nSPS) is 51.2. The van der Waals surface area contributed by atoms with Crippen LogP contribution in [0.25, 0.3) is 0 Å². The number of aliphatic hydroxyl groups is 3. The molecule has 0 aromatic heterocycles. The molecule has 0 aromatic rings. The summed E-state index contributed by atoms with van der Waals surface area (Å²) in [6.45, 7) is 5.61. The Bertz CT molecular complexity index is 1020. The Balaban J connectivity index is 1.32. The van der Waals surface area contributed by atoms with Crippen LogP contribution < -0.4 is 0 Å². The van der Waals surface area contributed by atoms with E-state index in [2.05, 4.69) is 13.8 Å². The van der Waals surface area contributed by atoms with E-state index in [1.165, 1.54) is 0 Å². The zero-order chi connectivity index (χ0) is 24.9. The maximum Gasteiger partial charge on any atom is 0.336 e. The van der Waals surface area contributed by atoms with Crippen LogP contribution in [0.4, 0.5) is 0 Å². The van der Waals surface area contributed by atoms with Crippen molar-refractivity contribution in [2.75, 3.05) is 13.2 Å². The van der Waals surface area contributed by atoms with Gasteiger partial charge in [-0.15, -0.1) is 0 Å². The van der Waals surface area contributed by atoms with Gasteiger partial charge in [-0.3, -0.25) is 4.79 Å². The molecule has 4 aliphatic carbocycles. The van der Waals surface area contributed by atoms with Crippen molar-refractivity contribution in [3.05, 3.63) is 23.3 Å².